The number of carbonyl (C=O) groups excluding carboxylic acids is 1. The van der Waals surface area contributed by atoms with Gasteiger partial charge in [-0.2, -0.15) is 0 Å². The average Bonchev–Trinajstić information content (AvgIpc) is 3.02. The van der Waals surface area contributed by atoms with E-state index in [1.54, 1.807) is 60.7 Å². The number of nitrogens with zero attached hydrogens (tertiary/aromatic N) is 2. The Morgan fingerprint density at radius 2 is 1.64 bits per heavy atom. The van der Waals surface area contributed by atoms with Crippen LogP contribution in [0.5, 0.6) is 0 Å². The summed E-state index contributed by atoms with van der Waals surface area (Å²) in [4.78, 5) is 37.2. The summed E-state index contributed by atoms with van der Waals surface area (Å²) in [5, 5.41) is 11.5. The third kappa shape index (κ3) is 3.32. The summed E-state index contributed by atoms with van der Waals surface area (Å²) in [7, 11) is 0. The molecular formula is C17H14N3O5+. The van der Waals surface area contributed by atoms with Crippen molar-refractivity contribution in [1.29, 1.82) is 0 Å². The van der Waals surface area contributed by atoms with Crippen LogP contribution in [-0.2, 0) is 4.79 Å². The van der Waals surface area contributed by atoms with Crippen LogP contribution >= 0.6 is 0 Å². The topological polar surface area (TPSA) is 107 Å². The van der Waals surface area contributed by atoms with Crippen molar-refractivity contribution in [3.63, 3.8) is 0 Å². The van der Waals surface area contributed by atoms with E-state index in [1.165, 1.54) is 4.68 Å². The molecule has 0 bridgehead atoms. The summed E-state index contributed by atoms with van der Waals surface area (Å²) in [6, 6.07) is 16.8. The molecule has 0 fully saturated rings. The third-order valence-corrected chi connectivity index (χ3v) is 3.47. The molecule has 25 heavy (non-hydrogen) atoms. The molecule has 126 valence electrons. The van der Waals surface area contributed by atoms with Gasteiger partial charge in [-0.15, -0.1) is 0 Å². The number of aromatic nitrogens is 2. The van der Waals surface area contributed by atoms with Crippen LogP contribution in [0.25, 0.3) is 5.69 Å². The highest BCUT2D eigenvalue weighted by Crippen LogP contribution is 2.15. The van der Waals surface area contributed by atoms with Gasteiger partial charge in [0.25, 0.3) is 0 Å². The van der Waals surface area contributed by atoms with Gasteiger partial charge in [-0.3, -0.25) is 19.0 Å². The number of anilines is 1. The van der Waals surface area contributed by atoms with E-state index in [4.69, 9.17) is 9.63 Å². The lowest BCUT2D eigenvalue weighted by Gasteiger charge is -2.18. The van der Waals surface area contributed by atoms with E-state index in [1.807, 2.05) is 0 Å². The van der Waals surface area contributed by atoms with Crippen LogP contribution in [-0.4, -0.2) is 28.8 Å². The van der Waals surface area contributed by atoms with Crippen LogP contribution < -0.4 is 15.2 Å². The minimum absolute atomic E-state index is 0.323. The minimum Gasteiger partial charge on any atom is -0.480 e. The smallest absolute Gasteiger partial charge is 0.441 e. The number of amides is 1. The largest absolute Gasteiger partial charge is 0.480 e. The summed E-state index contributed by atoms with van der Waals surface area (Å²) >= 11 is 0. The quantitative estimate of drug-likeness (QED) is 0.673. The predicted octanol–water partition coefficient (Wildman–Crippen LogP) is 0.976. The Balaban J connectivity index is 2.08. The Hall–Kier alpha value is -3.68. The Labute approximate surface area is 141 Å². The molecule has 3 aromatic rings. The molecule has 1 amide bonds. The molecule has 2 aromatic carbocycles. The number of carboxylic acids is 1. The molecule has 0 aliphatic heterocycles. The highest BCUT2D eigenvalue weighted by molar-refractivity contribution is 6.06. The molecule has 0 radical (unpaired) electrons. The number of rotatable bonds is 5. The first-order valence-corrected chi connectivity index (χ1v) is 7.35. The van der Waals surface area contributed by atoms with E-state index in [0.29, 0.717) is 11.4 Å². The summed E-state index contributed by atoms with van der Waals surface area (Å²) in [5.74, 6) is -1.99. The van der Waals surface area contributed by atoms with Crippen molar-refractivity contribution in [3.8, 4) is 5.69 Å². The van der Waals surface area contributed by atoms with Gasteiger partial charge in [-0.1, -0.05) is 36.4 Å². The summed E-state index contributed by atoms with van der Waals surface area (Å²) in [6.07, 6.45) is 0. The maximum Gasteiger partial charge on any atom is 0.441 e. The van der Waals surface area contributed by atoms with Gasteiger partial charge in [0.1, 0.15) is 6.54 Å². The van der Waals surface area contributed by atoms with Gasteiger partial charge in [0, 0.05) is 17.8 Å². The summed E-state index contributed by atoms with van der Waals surface area (Å²) < 4.78 is 5.93. The normalized spacial score (nSPS) is 10.4. The number of carbonyl (C=O) groups is 2. The van der Waals surface area contributed by atoms with E-state index in [0.717, 1.165) is 4.90 Å². The lowest BCUT2D eigenvalue weighted by atomic mass is 10.2. The fourth-order valence-corrected chi connectivity index (χ4v) is 2.37. The molecular weight excluding hydrogens is 326 g/mol. The van der Waals surface area contributed by atoms with Crippen LogP contribution in [0, 0.1) is 0 Å². The number of aliphatic carboxylic acids is 1. The van der Waals surface area contributed by atoms with Crippen molar-refractivity contribution < 1.29 is 23.9 Å². The highest BCUT2D eigenvalue weighted by Gasteiger charge is 2.35. The lowest BCUT2D eigenvalue weighted by molar-refractivity contribution is -0.672. The third-order valence-electron chi connectivity index (χ3n) is 3.47. The second kappa shape index (κ2) is 6.83. The Morgan fingerprint density at radius 3 is 2.24 bits per heavy atom. The molecule has 1 heterocycles. The number of H-pyrrole nitrogens is 1. The molecule has 0 aliphatic carbocycles. The number of carboxylic acid groups (broad SMARTS) is 1. The number of benzene rings is 2. The Morgan fingerprint density at radius 1 is 1.04 bits per heavy atom. The second-order valence-corrected chi connectivity index (χ2v) is 5.12. The van der Waals surface area contributed by atoms with E-state index in [-0.39, 0.29) is 5.69 Å². The van der Waals surface area contributed by atoms with Crippen molar-refractivity contribution in [3.05, 3.63) is 76.8 Å². The number of hydrogen-bond donors (Lipinski definition) is 2. The van der Waals surface area contributed by atoms with Crippen LogP contribution in [0.3, 0.4) is 0 Å². The number of aromatic amines is 1. The van der Waals surface area contributed by atoms with Gasteiger partial charge in [0.2, 0.25) is 5.69 Å². The van der Waals surface area contributed by atoms with Crippen molar-refractivity contribution in [2.24, 2.45) is 0 Å². The van der Waals surface area contributed by atoms with E-state index >= 15 is 0 Å². The maximum absolute atomic E-state index is 12.9. The Bertz CT molecular complexity index is 947. The summed E-state index contributed by atoms with van der Waals surface area (Å²) in [6.45, 7) is -0.595. The molecule has 0 atom stereocenters. The zero-order valence-corrected chi connectivity index (χ0v) is 13.0. The van der Waals surface area contributed by atoms with Gasteiger partial charge >= 0.3 is 23.2 Å². The lowest BCUT2D eigenvalue weighted by Crippen LogP contribution is -2.47. The minimum atomic E-state index is -1.21. The van der Waals surface area contributed by atoms with Gasteiger partial charge in [0.15, 0.2) is 0 Å². The molecule has 2 N–H and O–H groups in total. The van der Waals surface area contributed by atoms with E-state index < -0.39 is 24.0 Å². The molecule has 0 spiro atoms. The highest BCUT2D eigenvalue weighted by atomic mass is 16.5. The predicted molar refractivity (Wildman–Crippen MR) is 86.6 cm³/mol. The summed E-state index contributed by atoms with van der Waals surface area (Å²) in [5.41, 5.74) is -0.355. The molecule has 8 heteroatoms. The molecule has 0 saturated carbocycles. The van der Waals surface area contributed by atoms with E-state index in [9.17, 15) is 14.4 Å². The zero-order valence-electron chi connectivity index (χ0n) is 13.0. The molecule has 3 rings (SSSR count). The molecule has 0 aliphatic rings. The van der Waals surface area contributed by atoms with Crippen LogP contribution in [0.2, 0.25) is 0 Å². The zero-order chi connectivity index (χ0) is 17.8. The SMILES string of the molecule is O=C(O)CN(C(=O)c1c(=O)o[nH][n+]1-c1ccccc1)c1ccccc1. The average molecular weight is 340 g/mol. The van der Waals surface area contributed by atoms with Gasteiger partial charge < -0.3 is 5.11 Å². The second-order valence-electron chi connectivity index (χ2n) is 5.12. The van der Waals surface area contributed by atoms with Crippen molar-refractivity contribution in [1.82, 2.24) is 5.27 Å². The number of para-hydroxylation sites is 2. The molecule has 0 saturated heterocycles. The molecule has 0 unspecified atom stereocenters. The fraction of sp³-hybridized carbons (Fsp3) is 0.0588. The first-order chi connectivity index (χ1) is 12.1. The van der Waals surface area contributed by atoms with Crippen LogP contribution in [0.1, 0.15) is 10.5 Å². The van der Waals surface area contributed by atoms with Gasteiger partial charge in [-0.05, 0) is 22.1 Å². The standard InChI is InChI=1S/C17H13N3O5/c21-14(22)11-19(12-7-3-1-4-8-12)16(23)15-17(24)25-18-20(15)13-9-5-2-6-10-13/h1-10H,11H2,(H-,18,21,22,23,24)/p+1. The van der Waals surface area contributed by atoms with Crippen LogP contribution in [0.15, 0.2) is 70.0 Å². The first kappa shape index (κ1) is 16.2. The van der Waals surface area contributed by atoms with Crippen molar-refractivity contribution in [2.45, 2.75) is 0 Å². The monoisotopic (exact) mass is 340 g/mol. The fourth-order valence-electron chi connectivity index (χ4n) is 2.37. The van der Waals surface area contributed by atoms with Gasteiger partial charge in [0.05, 0.1) is 0 Å². The Kier molecular flexibility index (Phi) is 4.42. The first-order valence-electron chi connectivity index (χ1n) is 7.35. The molecule has 1 aromatic heterocycles. The van der Waals surface area contributed by atoms with E-state index in [2.05, 4.69) is 5.27 Å². The van der Waals surface area contributed by atoms with Crippen molar-refractivity contribution in [2.75, 3.05) is 11.4 Å². The van der Waals surface area contributed by atoms with Gasteiger partial charge in [-0.25, -0.2) is 4.79 Å². The van der Waals surface area contributed by atoms with Crippen LogP contribution in [0.4, 0.5) is 5.69 Å². The van der Waals surface area contributed by atoms with Crippen molar-refractivity contribution >= 4 is 17.6 Å². The maximum atomic E-state index is 12.9. The number of hydrogen-bond acceptors (Lipinski definition) is 4. The molecule has 8 nitrogen and oxygen atoms in total. The number of nitrogens with one attached hydrogen (secondary N) is 1.